The van der Waals surface area contributed by atoms with Crippen molar-refractivity contribution >= 4 is 5.70 Å². The second-order valence-corrected chi connectivity index (χ2v) is 7.02. The van der Waals surface area contributed by atoms with Gasteiger partial charge in [0.15, 0.2) is 0 Å². The van der Waals surface area contributed by atoms with Crippen LogP contribution in [0.25, 0.3) is 16.8 Å². The summed E-state index contributed by atoms with van der Waals surface area (Å²) in [4.78, 5) is 2.21. The number of H-pyrrole nitrogens is 1. The lowest BCUT2D eigenvalue weighted by Crippen LogP contribution is -2.29. The maximum absolute atomic E-state index is 10.3. The van der Waals surface area contributed by atoms with Crippen molar-refractivity contribution < 1.29 is 5.11 Å². The fourth-order valence-corrected chi connectivity index (χ4v) is 3.80. The van der Waals surface area contributed by atoms with Crippen LogP contribution < -0.4 is 16.8 Å². The molecule has 2 aromatic rings. The van der Waals surface area contributed by atoms with Crippen molar-refractivity contribution in [3.63, 3.8) is 0 Å². The third-order valence-electron chi connectivity index (χ3n) is 5.33. The number of nitrogens with two attached hydrogens (primary N) is 2. The third-order valence-corrected chi connectivity index (χ3v) is 5.33. The minimum absolute atomic E-state index is 0.131. The first-order chi connectivity index (χ1) is 12.6. The van der Waals surface area contributed by atoms with E-state index in [0.717, 1.165) is 43.1 Å². The van der Waals surface area contributed by atoms with Crippen molar-refractivity contribution in [3.8, 4) is 16.9 Å². The van der Waals surface area contributed by atoms with Gasteiger partial charge < -0.3 is 26.8 Å². The van der Waals surface area contributed by atoms with E-state index in [0.29, 0.717) is 23.1 Å². The largest absolute Gasteiger partial charge is 0.507 e. The van der Waals surface area contributed by atoms with Gasteiger partial charge in [0.05, 0.1) is 12.0 Å². The molecule has 1 aromatic carbocycles. The van der Waals surface area contributed by atoms with Crippen molar-refractivity contribution in [3.05, 3.63) is 54.1 Å². The number of aromatic hydroxyl groups is 1. The highest BCUT2D eigenvalue weighted by molar-refractivity contribution is 5.74. The number of hydrogen-bond donors (Lipinski definition) is 5. The summed E-state index contributed by atoms with van der Waals surface area (Å²) >= 11 is 0. The second-order valence-electron chi connectivity index (χ2n) is 7.02. The molecule has 7 N–H and O–H groups in total. The molecule has 2 atom stereocenters. The number of phenols is 1. The first-order valence-electron chi connectivity index (χ1n) is 8.83. The average Bonchev–Trinajstić information content (AvgIpc) is 3.35. The lowest BCUT2D eigenvalue weighted by molar-refractivity contribution is 0.386. The molecule has 26 heavy (non-hydrogen) atoms. The molecule has 1 aromatic heterocycles. The smallest absolute Gasteiger partial charge is 0.125 e. The number of nitrogens with one attached hydrogen (secondary N) is 2. The van der Waals surface area contributed by atoms with E-state index in [4.69, 9.17) is 11.5 Å². The number of aromatic amines is 1. The molecule has 136 valence electrons. The van der Waals surface area contributed by atoms with Crippen LogP contribution in [0.15, 0.2) is 48.6 Å². The molecule has 3 heterocycles. The Morgan fingerprint density at radius 1 is 1.15 bits per heavy atom. The number of aromatic nitrogens is 2. The first kappa shape index (κ1) is 16.5. The minimum Gasteiger partial charge on any atom is -0.507 e. The van der Waals surface area contributed by atoms with Crippen LogP contribution in [0.4, 0.5) is 0 Å². The summed E-state index contributed by atoms with van der Waals surface area (Å²) < 4.78 is 0. The topological polar surface area (TPSA) is 116 Å². The number of hydrogen-bond acceptors (Lipinski definition) is 6. The molecule has 0 aliphatic carbocycles. The van der Waals surface area contributed by atoms with Crippen LogP contribution >= 0.6 is 0 Å². The first-order valence-corrected chi connectivity index (χ1v) is 8.83. The normalized spacial score (nSPS) is 23.5. The molecular weight excluding hydrogens is 328 g/mol. The molecule has 2 aliphatic rings. The van der Waals surface area contributed by atoms with Gasteiger partial charge in [-0.2, -0.15) is 5.10 Å². The quantitative estimate of drug-likeness (QED) is 0.525. The molecule has 2 fully saturated rings. The zero-order valence-corrected chi connectivity index (χ0v) is 14.5. The Bertz CT molecular complexity index is 830. The van der Waals surface area contributed by atoms with Gasteiger partial charge in [0, 0.05) is 49.2 Å². The summed E-state index contributed by atoms with van der Waals surface area (Å²) in [6, 6.07) is 5.39. The zero-order chi connectivity index (χ0) is 18.1. The number of allylic oxidation sites excluding steroid dienone is 2. The highest BCUT2D eigenvalue weighted by Gasteiger charge is 2.36. The van der Waals surface area contributed by atoms with Crippen LogP contribution in [0, 0.1) is 11.8 Å². The summed E-state index contributed by atoms with van der Waals surface area (Å²) in [5.41, 5.74) is 15.2. The van der Waals surface area contributed by atoms with Gasteiger partial charge in [0.25, 0.3) is 0 Å². The molecule has 2 aliphatic heterocycles. The van der Waals surface area contributed by atoms with Gasteiger partial charge in [0.1, 0.15) is 5.75 Å². The number of phenolic OH excluding ortho intramolecular Hbond substituents is 1. The SMILES string of the molecule is N/C(=C\C=C(/N)N1C[C@H]2CNC[C@H]2C1)c1ccc(-c2cn[nH]c2)cc1O. The average molecular weight is 352 g/mol. The van der Waals surface area contributed by atoms with E-state index in [1.165, 1.54) is 0 Å². The molecule has 0 bridgehead atoms. The van der Waals surface area contributed by atoms with Gasteiger partial charge in [-0.05, 0) is 41.7 Å². The number of benzene rings is 1. The van der Waals surface area contributed by atoms with Crippen LogP contribution in [0.2, 0.25) is 0 Å². The summed E-state index contributed by atoms with van der Waals surface area (Å²) in [6.45, 7) is 4.11. The lowest BCUT2D eigenvalue weighted by Gasteiger charge is -2.19. The maximum atomic E-state index is 10.3. The minimum atomic E-state index is 0.131. The number of likely N-dealkylation sites (tertiary alicyclic amines) is 1. The molecule has 4 rings (SSSR count). The molecular formula is C19H24N6O. The maximum Gasteiger partial charge on any atom is 0.125 e. The second kappa shape index (κ2) is 6.76. The summed E-state index contributed by atoms with van der Waals surface area (Å²) in [7, 11) is 0. The Balaban J connectivity index is 1.49. The van der Waals surface area contributed by atoms with Gasteiger partial charge >= 0.3 is 0 Å². The standard InChI is InChI=1S/C19H24N6O/c20-17(3-4-19(21)25-10-14-6-22-7-15(14)11-25)16-2-1-12(5-18(16)26)13-8-23-24-9-13/h1-5,8-9,14-15,22,26H,6-7,10-11,20-21H2,(H,23,24)/b17-3-,19-4+/t14-,15+. The monoisotopic (exact) mass is 352 g/mol. The predicted octanol–water partition coefficient (Wildman–Crippen LogP) is 1.03. The van der Waals surface area contributed by atoms with Crippen LogP contribution in [-0.4, -0.2) is 46.4 Å². The molecule has 7 heteroatoms. The number of nitrogens with zero attached hydrogens (tertiary/aromatic N) is 2. The van der Waals surface area contributed by atoms with E-state index in [2.05, 4.69) is 20.4 Å². The van der Waals surface area contributed by atoms with Crippen LogP contribution in [0.1, 0.15) is 5.56 Å². The summed E-state index contributed by atoms with van der Waals surface area (Å²) in [6.07, 6.45) is 7.07. The summed E-state index contributed by atoms with van der Waals surface area (Å²) in [5, 5.41) is 20.4. The molecule has 0 unspecified atom stereocenters. The highest BCUT2D eigenvalue weighted by Crippen LogP contribution is 2.30. The molecule has 0 radical (unpaired) electrons. The lowest BCUT2D eigenvalue weighted by atomic mass is 10.0. The van der Waals surface area contributed by atoms with Crippen LogP contribution in [0.5, 0.6) is 5.75 Å². The van der Waals surface area contributed by atoms with Gasteiger partial charge in [-0.1, -0.05) is 6.07 Å². The summed E-state index contributed by atoms with van der Waals surface area (Å²) in [5.74, 6) is 2.22. The van der Waals surface area contributed by atoms with Crippen LogP contribution in [-0.2, 0) is 0 Å². The van der Waals surface area contributed by atoms with E-state index in [9.17, 15) is 5.11 Å². The van der Waals surface area contributed by atoms with Gasteiger partial charge in [-0.3, -0.25) is 5.10 Å². The van der Waals surface area contributed by atoms with Crippen molar-refractivity contribution in [2.45, 2.75) is 0 Å². The number of rotatable bonds is 4. The Morgan fingerprint density at radius 3 is 2.58 bits per heavy atom. The van der Waals surface area contributed by atoms with E-state index in [-0.39, 0.29) is 5.75 Å². The van der Waals surface area contributed by atoms with E-state index in [1.807, 2.05) is 12.1 Å². The Labute approximate surface area is 152 Å². The Hall–Kier alpha value is -2.93. The van der Waals surface area contributed by atoms with Crippen molar-refractivity contribution in [1.82, 2.24) is 20.4 Å². The fraction of sp³-hybridized carbons (Fsp3) is 0.316. The Morgan fingerprint density at radius 2 is 1.92 bits per heavy atom. The third kappa shape index (κ3) is 3.13. The molecule has 2 saturated heterocycles. The van der Waals surface area contributed by atoms with Crippen LogP contribution in [0.3, 0.4) is 0 Å². The zero-order valence-electron chi connectivity index (χ0n) is 14.5. The van der Waals surface area contributed by atoms with Gasteiger partial charge in [0.2, 0.25) is 0 Å². The highest BCUT2D eigenvalue weighted by atomic mass is 16.3. The molecule has 0 spiro atoms. The number of fused-ring (bicyclic) bond motifs is 1. The van der Waals surface area contributed by atoms with Gasteiger partial charge in [-0.25, -0.2) is 0 Å². The van der Waals surface area contributed by atoms with Crippen molar-refractivity contribution in [1.29, 1.82) is 0 Å². The molecule has 7 nitrogen and oxygen atoms in total. The fourth-order valence-electron chi connectivity index (χ4n) is 3.80. The predicted molar refractivity (Wildman–Crippen MR) is 102 cm³/mol. The van der Waals surface area contributed by atoms with E-state index in [1.54, 1.807) is 30.6 Å². The molecule has 0 saturated carbocycles. The van der Waals surface area contributed by atoms with E-state index < -0.39 is 0 Å². The van der Waals surface area contributed by atoms with E-state index >= 15 is 0 Å². The van der Waals surface area contributed by atoms with Gasteiger partial charge in [-0.15, -0.1) is 0 Å². The van der Waals surface area contributed by atoms with Crippen molar-refractivity contribution in [2.24, 2.45) is 23.3 Å². The Kier molecular flexibility index (Phi) is 4.30. The van der Waals surface area contributed by atoms with Crippen molar-refractivity contribution in [2.75, 3.05) is 26.2 Å². The molecule has 0 amide bonds.